The summed E-state index contributed by atoms with van der Waals surface area (Å²) >= 11 is 0. The molecule has 0 atom stereocenters. The van der Waals surface area contributed by atoms with Crippen LogP contribution in [-0.2, 0) is 4.79 Å². The van der Waals surface area contributed by atoms with Crippen molar-refractivity contribution in [3.63, 3.8) is 0 Å². The quantitative estimate of drug-likeness (QED) is 0.0989. The van der Waals surface area contributed by atoms with Gasteiger partial charge in [0.2, 0.25) is 5.91 Å². The maximum absolute atomic E-state index is 12.2. The standard InChI is InChI=1S/C31H42N2O/c1-2-3-4-5-6-7-8-9-10-11-12-13-14-23-31(34)33-32-25-30-28-21-17-15-19-26(28)24-27-20-16-18-22-29(27)30/h15-22,24-25H,2-14,23H2,1H3,(H,33,34)/b32-25+. The molecule has 3 heteroatoms. The molecule has 0 fully saturated rings. The minimum atomic E-state index is 0.00358. The Hall–Kier alpha value is -2.68. The van der Waals surface area contributed by atoms with Gasteiger partial charge in [0, 0.05) is 12.0 Å². The van der Waals surface area contributed by atoms with Crippen LogP contribution < -0.4 is 5.43 Å². The van der Waals surface area contributed by atoms with Gasteiger partial charge in [-0.25, -0.2) is 5.43 Å². The zero-order valence-electron chi connectivity index (χ0n) is 21.0. The Morgan fingerprint density at radius 3 is 1.71 bits per heavy atom. The number of rotatable bonds is 16. The number of nitrogens with zero attached hydrogens (tertiary/aromatic N) is 1. The van der Waals surface area contributed by atoms with Crippen molar-refractivity contribution < 1.29 is 4.79 Å². The molecular formula is C31H42N2O. The van der Waals surface area contributed by atoms with Gasteiger partial charge in [0.05, 0.1) is 6.21 Å². The number of benzene rings is 3. The Labute approximate surface area is 206 Å². The van der Waals surface area contributed by atoms with Crippen LogP contribution in [-0.4, -0.2) is 12.1 Å². The lowest BCUT2D eigenvalue weighted by molar-refractivity contribution is -0.121. The van der Waals surface area contributed by atoms with E-state index in [2.05, 4.69) is 59.9 Å². The number of unbranched alkanes of at least 4 members (excludes halogenated alkanes) is 12. The summed E-state index contributed by atoms with van der Waals surface area (Å²) in [5, 5.41) is 8.96. The molecule has 1 N–H and O–H groups in total. The Kier molecular flexibility index (Phi) is 11.6. The number of fused-ring (bicyclic) bond motifs is 2. The van der Waals surface area contributed by atoms with Crippen LogP contribution in [0, 0.1) is 0 Å². The van der Waals surface area contributed by atoms with E-state index in [1.807, 2.05) is 12.1 Å². The summed E-state index contributed by atoms with van der Waals surface area (Å²) in [6.07, 6.45) is 19.4. The summed E-state index contributed by atoms with van der Waals surface area (Å²) in [7, 11) is 0. The molecule has 0 aliphatic heterocycles. The van der Waals surface area contributed by atoms with Crippen molar-refractivity contribution in [2.75, 3.05) is 0 Å². The van der Waals surface area contributed by atoms with E-state index >= 15 is 0 Å². The van der Waals surface area contributed by atoms with Crippen LogP contribution in [0.1, 0.15) is 102 Å². The highest BCUT2D eigenvalue weighted by Crippen LogP contribution is 2.27. The number of nitrogens with one attached hydrogen (secondary N) is 1. The van der Waals surface area contributed by atoms with E-state index in [0.29, 0.717) is 6.42 Å². The van der Waals surface area contributed by atoms with Crippen molar-refractivity contribution in [1.82, 2.24) is 5.43 Å². The second kappa shape index (κ2) is 15.3. The van der Waals surface area contributed by atoms with Gasteiger partial charge in [-0.3, -0.25) is 4.79 Å². The van der Waals surface area contributed by atoms with Crippen molar-refractivity contribution in [1.29, 1.82) is 0 Å². The molecule has 34 heavy (non-hydrogen) atoms. The highest BCUT2D eigenvalue weighted by molar-refractivity contribution is 6.13. The first-order valence-electron chi connectivity index (χ1n) is 13.5. The maximum Gasteiger partial charge on any atom is 0.240 e. The lowest BCUT2D eigenvalue weighted by Crippen LogP contribution is -2.16. The van der Waals surface area contributed by atoms with Crippen LogP contribution in [0.3, 0.4) is 0 Å². The number of hydrogen-bond donors (Lipinski definition) is 1. The molecule has 1 amide bonds. The van der Waals surface area contributed by atoms with Crippen molar-refractivity contribution >= 4 is 33.7 Å². The molecule has 0 saturated carbocycles. The summed E-state index contributed by atoms with van der Waals surface area (Å²) < 4.78 is 0. The van der Waals surface area contributed by atoms with E-state index in [1.165, 1.54) is 81.4 Å². The number of amides is 1. The fourth-order valence-electron chi connectivity index (χ4n) is 4.72. The smallest absolute Gasteiger partial charge is 0.240 e. The Morgan fingerprint density at radius 2 is 1.18 bits per heavy atom. The van der Waals surface area contributed by atoms with Crippen molar-refractivity contribution in [2.45, 2.75) is 96.8 Å². The van der Waals surface area contributed by atoms with Gasteiger partial charge >= 0.3 is 0 Å². The van der Waals surface area contributed by atoms with Gasteiger partial charge in [-0.1, -0.05) is 133 Å². The predicted octanol–water partition coefficient (Wildman–Crippen LogP) is 8.92. The third kappa shape index (κ3) is 8.59. The summed E-state index contributed by atoms with van der Waals surface area (Å²) in [6.45, 7) is 2.27. The van der Waals surface area contributed by atoms with Gasteiger partial charge < -0.3 is 0 Å². The number of hydrogen-bond acceptors (Lipinski definition) is 2. The Morgan fingerprint density at radius 1 is 0.706 bits per heavy atom. The van der Waals surface area contributed by atoms with Gasteiger partial charge in [-0.05, 0) is 34.0 Å². The molecule has 3 rings (SSSR count). The van der Waals surface area contributed by atoms with E-state index < -0.39 is 0 Å². The molecule has 0 aliphatic carbocycles. The van der Waals surface area contributed by atoms with Gasteiger partial charge in [0.1, 0.15) is 0 Å². The normalized spacial score (nSPS) is 11.6. The first-order valence-corrected chi connectivity index (χ1v) is 13.5. The predicted molar refractivity (Wildman–Crippen MR) is 148 cm³/mol. The molecule has 0 aliphatic rings. The van der Waals surface area contributed by atoms with Gasteiger partial charge in [0.15, 0.2) is 0 Å². The molecule has 3 aromatic rings. The van der Waals surface area contributed by atoms with Crippen molar-refractivity contribution in [3.05, 3.63) is 60.2 Å². The van der Waals surface area contributed by atoms with Crippen LogP contribution in [0.4, 0.5) is 0 Å². The molecule has 0 saturated heterocycles. The summed E-state index contributed by atoms with van der Waals surface area (Å²) in [5.41, 5.74) is 3.79. The topological polar surface area (TPSA) is 41.5 Å². The monoisotopic (exact) mass is 458 g/mol. The summed E-state index contributed by atoms with van der Waals surface area (Å²) in [6, 6.07) is 18.8. The molecule has 0 bridgehead atoms. The molecule has 182 valence electrons. The van der Waals surface area contributed by atoms with E-state index in [1.54, 1.807) is 6.21 Å². The molecule has 3 aromatic carbocycles. The molecule has 3 nitrogen and oxygen atoms in total. The first-order chi connectivity index (χ1) is 16.8. The number of hydrazone groups is 1. The molecule has 0 heterocycles. The fraction of sp³-hybridized carbons (Fsp3) is 0.484. The third-order valence-corrected chi connectivity index (χ3v) is 6.70. The minimum absolute atomic E-state index is 0.00358. The number of carbonyl (C=O) groups is 1. The second-order valence-corrected chi connectivity index (χ2v) is 9.52. The summed E-state index contributed by atoms with van der Waals surface area (Å²) in [5.74, 6) is 0.00358. The first kappa shape index (κ1) is 25.9. The maximum atomic E-state index is 12.2. The van der Waals surface area contributed by atoms with Crippen LogP contribution in [0.5, 0.6) is 0 Å². The van der Waals surface area contributed by atoms with E-state index in [-0.39, 0.29) is 5.91 Å². The van der Waals surface area contributed by atoms with Gasteiger partial charge in [-0.15, -0.1) is 0 Å². The lowest BCUT2D eigenvalue weighted by Gasteiger charge is -2.08. The van der Waals surface area contributed by atoms with Gasteiger partial charge in [-0.2, -0.15) is 5.10 Å². The number of carbonyl (C=O) groups excluding carboxylic acids is 1. The van der Waals surface area contributed by atoms with Crippen LogP contribution in [0.15, 0.2) is 59.7 Å². The second-order valence-electron chi connectivity index (χ2n) is 9.52. The van der Waals surface area contributed by atoms with E-state index in [4.69, 9.17) is 0 Å². The average Bonchev–Trinajstić information content (AvgIpc) is 2.86. The average molecular weight is 459 g/mol. The molecule has 0 aromatic heterocycles. The van der Waals surface area contributed by atoms with Crippen LogP contribution in [0.2, 0.25) is 0 Å². The van der Waals surface area contributed by atoms with Crippen molar-refractivity contribution in [3.8, 4) is 0 Å². The highest BCUT2D eigenvalue weighted by Gasteiger charge is 2.06. The lowest BCUT2D eigenvalue weighted by atomic mass is 9.97. The van der Waals surface area contributed by atoms with Crippen molar-refractivity contribution in [2.24, 2.45) is 5.10 Å². The Balaban J connectivity index is 1.32. The molecular weight excluding hydrogens is 416 g/mol. The van der Waals surface area contributed by atoms with Crippen LogP contribution in [0.25, 0.3) is 21.5 Å². The fourth-order valence-corrected chi connectivity index (χ4v) is 4.72. The zero-order valence-corrected chi connectivity index (χ0v) is 21.0. The zero-order chi connectivity index (χ0) is 23.8. The molecule has 0 radical (unpaired) electrons. The molecule has 0 spiro atoms. The Bertz CT molecular complexity index is 986. The third-order valence-electron chi connectivity index (χ3n) is 6.70. The SMILES string of the molecule is CCCCCCCCCCCCCCCC(=O)N/N=C/c1c2ccccc2cc2ccccc12. The van der Waals surface area contributed by atoms with E-state index in [9.17, 15) is 4.79 Å². The largest absolute Gasteiger partial charge is 0.273 e. The van der Waals surface area contributed by atoms with Crippen LogP contribution >= 0.6 is 0 Å². The van der Waals surface area contributed by atoms with Gasteiger partial charge in [0.25, 0.3) is 0 Å². The minimum Gasteiger partial charge on any atom is -0.273 e. The molecule has 0 unspecified atom stereocenters. The summed E-state index contributed by atoms with van der Waals surface area (Å²) in [4.78, 5) is 12.2. The highest BCUT2D eigenvalue weighted by atomic mass is 16.2. The van der Waals surface area contributed by atoms with E-state index in [0.717, 1.165) is 29.2 Å².